The van der Waals surface area contributed by atoms with Crippen molar-refractivity contribution in [2.24, 2.45) is 0 Å². The van der Waals surface area contributed by atoms with Crippen molar-refractivity contribution in [2.45, 2.75) is 6.61 Å². The lowest BCUT2D eigenvalue weighted by Crippen LogP contribution is -2.36. The van der Waals surface area contributed by atoms with Crippen molar-refractivity contribution >= 4 is 74.8 Å². The minimum absolute atomic E-state index is 0.171. The van der Waals surface area contributed by atoms with Crippen molar-refractivity contribution in [1.29, 1.82) is 5.26 Å². The molecule has 0 aliphatic carbocycles. The molecule has 1 aliphatic rings. The van der Waals surface area contributed by atoms with Gasteiger partial charge in [0.15, 0.2) is 11.5 Å². The molecular formula is C27H19ClIN3O5S. The van der Waals surface area contributed by atoms with E-state index in [1.807, 2.05) is 12.1 Å². The van der Waals surface area contributed by atoms with E-state index in [0.717, 1.165) is 22.2 Å². The lowest BCUT2D eigenvalue weighted by Gasteiger charge is -2.14. The molecule has 11 heteroatoms. The molecule has 3 aromatic rings. The molecule has 1 fully saturated rings. The SMILES string of the molecule is COc1cc(/C=C2/SC(=O)N(CC(=O)Nc3ccccc3Cl)C2=O)cc(I)c1OCc1ccccc1C#N. The minimum Gasteiger partial charge on any atom is -0.493 e. The number of hydrogen-bond donors (Lipinski definition) is 1. The summed E-state index contributed by atoms with van der Waals surface area (Å²) in [5, 5.41) is 11.7. The third kappa shape index (κ3) is 6.30. The van der Waals surface area contributed by atoms with E-state index in [1.165, 1.54) is 7.11 Å². The van der Waals surface area contributed by atoms with E-state index in [4.69, 9.17) is 21.1 Å². The van der Waals surface area contributed by atoms with Crippen LogP contribution in [0, 0.1) is 14.9 Å². The first kappa shape index (κ1) is 27.5. The van der Waals surface area contributed by atoms with Gasteiger partial charge in [-0.3, -0.25) is 19.3 Å². The molecule has 0 saturated carbocycles. The lowest BCUT2D eigenvalue weighted by molar-refractivity contribution is -0.127. The Morgan fingerprint density at radius 3 is 2.66 bits per heavy atom. The van der Waals surface area contributed by atoms with Crippen LogP contribution in [0.25, 0.3) is 6.08 Å². The number of methoxy groups -OCH3 is 1. The molecule has 0 radical (unpaired) electrons. The van der Waals surface area contributed by atoms with E-state index < -0.39 is 23.6 Å². The van der Waals surface area contributed by atoms with E-state index in [-0.39, 0.29) is 11.5 Å². The zero-order valence-corrected chi connectivity index (χ0v) is 23.6. The van der Waals surface area contributed by atoms with Gasteiger partial charge < -0.3 is 14.8 Å². The van der Waals surface area contributed by atoms with Crippen LogP contribution in [0.2, 0.25) is 5.02 Å². The van der Waals surface area contributed by atoms with Gasteiger partial charge >= 0.3 is 0 Å². The van der Waals surface area contributed by atoms with Crippen LogP contribution < -0.4 is 14.8 Å². The van der Waals surface area contributed by atoms with E-state index in [0.29, 0.717) is 36.9 Å². The maximum Gasteiger partial charge on any atom is 0.294 e. The van der Waals surface area contributed by atoms with Gasteiger partial charge in [-0.25, -0.2) is 0 Å². The summed E-state index contributed by atoms with van der Waals surface area (Å²) in [4.78, 5) is 38.9. The average molecular weight is 660 g/mol. The molecule has 1 heterocycles. The second-order valence-electron chi connectivity index (χ2n) is 7.89. The normalized spacial score (nSPS) is 13.9. The van der Waals surface area contributed by atoms with Crippen LogP contribution in [-0.4, -0.2) is 35.6 Å². The fraction of sp³-hybridized carbons (Fsp3) is 0.111. The van der Waals surface area contributed by atoms with E-state index >= 15 is 0 Å². The zero-order chi connectivity index (χ0) is 27.2. The van der Waals surface area contributed by atoms with Crippen molar-refractivity contribution in [3.63, 3.8) is 0 Å². The number of nitrogens with zero attached hydrogens (tertiary/aromatic N) is 2. The van der Waals surface area contributed by atoms with Crippen LogP contribution in [0.4, 0.5) is 10.5 Å². The first-order chi connectivity index (χ1) is 18.3. The predicted molar refractivity (Wildman–Crippen MR) is 154 cm³/mol. The first-order valence-electron chi connectivity index (χ1n) is 11.1. The molecule has 4 rings (SSSR count). The van der Waals surface area contributed by atoms with Gasteiger partial charge in [-0.15, -0.1) is 0 Å². The zero-order valence-electron chi connectivity index (χ0n) is 19.9. The van der Waals surface area contributed by atoms with Crippen molar-refractivity contribution in [3.8, 4) is 17.6 Å². The summed E-state index contributed by atoms with van der Waals surface area (Å²) in [5.41, 5.74) is 2.27. The number of anilines is 1. The largest absolute Gasteiger partial charge is 0.493 e. The summed E-state index contributed by atoms with van der Waals surface area (Å²) in [7, 11) is 1.50. The Bertz CT molecular complexity index is 1500. The van der Waals surface area contributed by atoms with E-state index in [1.54, 1.807) is 54.6 Å². The number of halogens is 2. The van der Waals surface area contributed by atoms with Crippen LogP contribution >= 0.6 is 46.0 Å². The third-order valence-corrected chi connectivity index (χ3v) is 7.42. The molecule has 8 nitrogen and oxygen atoms in total. The number of amides is 3. The molecule has 0 atom stereocenters. The molecule has 0 spiro atoms. The molecule has 1 N–H and O–H groups in total. The Labute approximate surface area is 241 Å². The highest BCUT2D eigenvalue weighted by atomic mass is 127. The molecule has 3 aromatic carbocycles. The number of nitriles is 1. The molecular weight excluding hydrogens is 641 g/mol. The van der Waals surface area contributed by atoms with Gasteiger partial charge in [-0.05, 0) is 76.3 Å². The van der Waals surface area contributed by atoms with Crippen LogP contribution in [0.5, 0.6) is 11.5 Å². The minimum atomic E-state index is -0.572. The van der Waals surface area contributed by atoms with Crippen molar-refractivity contribution in [1.82, 2.24) is 4.90 Å². The number of hydrogen-bond acceptors (Lipinski definition) is 7. The number of rotatable bonds is 8. The predicted octanol–water partition coefficient (Wildman–Crippen LogP) is 6.08. The van der Waals surface area contributed by atoms with Crippen molar-refractivity contribution < 1.29 is 23.9 Å². The average Bonchev–Trinajstić information content (AvgIpc) is 3.16. The fourth-order valence-corrected chi connectivity index (χ4v) is 5.35. The van der Waals surface area contributed by atoms with Crippen LogP contribution in [0.15, 0.2) is 65.6 Å². The summed E-state index contributed by atoms with van der Waals surface area (Å²) >= 11 is 8.90. The molecule has 0 aromatic heterocycles. The molecule has 1 saturated heterocycles. The maximum absolute atomic E-state index is 12.9. The highest BCUT2D eigenvalue weighted by Crippen LogP contribution is 2.38. The summed E-state index contributed by atoms with van der Waals surface area (Å²) in [5.74, 6) is -0.202. The van der Waals surface area contributed by atoms with Gasteiger partial charge in [-0.1, -0.05) is 41.9 Å². The van der Waals surface area contributed by atoms with Gasteiger partial charge in [0.1, 0.15) is 13.2 Å². The summed E-state index contributed by atoms with van der Waals surface area (Å²) in [6.45, 7) is -0.268. The second-order valence-corrected chi connectivity index (χ2v) is 10.5. The van der Waals surface area contributed by atoms with Crippen molar-refractivity contribution in [3.05, 3.63) is 90.9 Å². The number of nitrogens with one attached hydrogen (secondary N) is 1. The van der Waals surface area contributed by atoms with Crippen LogP contribution in [0.1, 0.15) is 16.7 Å². The molecule has 3 amide bonds. The standard InChI is InChI=1S/C27H19ClIN3O5S/c1-36-22-11-16(10-20(29)25(22)37-15-18-7-3-2-6-17(18)13-30)12-23-26(34)32(27(35)38-23)14-24(33)31-21-9-5-4-8-19(21)28/h2-12H,14-15H2,1H3,(H,31,33)/b23-12+. The van der Waals surface area contributed by atoms with Gasteiger partial charge in [0, 0.05) is 5.56 Å². The second kappa shape index (κ2) is 12.3. The summed E-state index contributed by atoms with van der Waals surface area (Å²) < 4.78 is 12.2. The molecule has 0 unspecified atom stereocenters. The number of benzene rings is 3. The quantitative estimate of drug-likeness (QED) is 0.231. The summed E-state index contributed by atoms with van der Waals surface area (Å²) in [6, 6.07) is 19.4. The number of thioether (sulfide) groups is 1. The maximum atomic E-state index is 12.9. The Kier molecular flexibility index (Phi) is 8.93. The Morgan fingerprint density at radius 1 is 1.18 bits per heavy atom. The number of imide groups is 1. The lowest BCUT2D eigenvalue weighted by atomic mass is 10.1. The van der Waals surface area contributed by atoms with E-state index in [2.05, 4.69) is 34.0 Å². The number of para-hydroxylation sites is 1. The fourth-order valence-electron chi connectivity index (χ4n) is 3.55. The topological polar surface area (TPSA) is 109 Å². The summed E-state index contributed by atoms with van der Waals surface area (Å²) in [6.07, 6.45) is 1.57. The Hall–Kier alpha value is -3.53. The smallest absolute Gasteiger partial charge is 0.294 e. The molecule has 0 bridgehead atoms. The van der Waals surface area contributed by atoms with Gasteiger partial charge in [0.05, 0.1) is 37.9 Å². The van der Waals surface area contributed by atoms with Crippen LogP contribution in [-0.2, 0) is 16.2 Å². The van der Waals surface area contributed by atoms with Crippen molar-refractivity contribution in [2.75, 3.05) is 19.0 Å². The number of carbonyl (C=O) groups is 3. The molecule has 1 aliphatic heterocycles. The highest BCUT2D eigenvalue weighted by molar-refractivity contribution is 14.1. The van der Waals surface area contributed by atoms with Crippen LogP contribution in [0.3, 0.4) is 0 Å². The highest BCUT2D eigenvalue weighted by Gasteiger charge is 2.36. The molecule has 38 heavy (non-hydrogen) atoms. The van der Waals surface area contributed by atoms with Gasteiger partial charge in [0.2, 0.25) is 5.91 Å². The van der Waals surface area contributed by atoms with Gasteiger partial charge in [-0.2, -0.15) is 5.26 Å². The molecule has 192 valence electrons. The number of ether oxygens (including phenoxy) is 2. The third-order valence-electron chi connectivity index (χ3n) is 5.38. The number of carbonyl (C=O) groups excluding carboxylic acids is 3. The monoisotopic (exact) mass is 659 g/mol. The van der Waals surface area contributed by atoms with E-state index in [9.17, 15) is 19.6 Å². The Balaban J connectivity index is 1.49. The van der Waals surface area contributed by atoms with Gasteiger partial charge in [0.25, 0.3) is 11.1 Å². The Morgan fingerprint density at radius 2 is 1.92 bits per heavy atom. The first-order valence-corrected chi connectivity index (χ1v) is 13.4.